The van der Waals surface area contributed by atoms with Crippen LogP contribution in [0.1, 0.15) is 26.0 Å². The first-order valence-electron chi connectivity index (χ1n) is 7.70. The summed E-state index contributed by atoms with van der Waals surface area (Å²) in [7, 11) is 0. The molecule has 122 valence electrons. The Labute approximate surface area is 135 Å². The minimum atomic E-state index is -0.277. The largest absolute Gasteiger partial charge is 0.494 e. The lowest BCUT2D eigenvalue weighted by Gasteiger charge is -2.08. The van der Waals surface area contributed by atoms with Gasteiger partial charge in [-0.3, -0.25) is 14.2 Å². The fourth-order valence-corrected chi connectivity index (χ4v) is 2.13. The van der Waals surface area contributed by atoms with Gasteiger partial charge in [0.2, 0.25) is 5.91 Å². The molecule has 0 saturated heterocycles. The maximum Gasteiger partial charge on any atom is 0.253 e. The molecule has 6 heteroatoms. The van der Waals surface area contributed by atoms with Crippen molar-refractivity contribution < 1.29 is 9.53 Å². The van der Waals surface area contributed by atoms with Crippen LogP contribution in [0.25, 0.3) is 0 Å². The number of ether oxygens (including phenoxy) is 1. The average Bonchev–Trinajstić information content (AvgIpc) is 2.52. The Morgan fingerprint density at radius 3 is 2.61 bits per heavy atom. The fourth-order valence-electron chi connectivity index (χ4n) is 2.13. The van der Waals surface area contributed by atoms with Crippen molar-refractivity contribution >= 4 is 11.6 Å². The van der Waals surface area contributed by atoms with Gasteiger partial charge in [-0.2, -0.15) is 0 Å². The first-order valence-corrected chi connectivity index (χ1v) is 7.70. The molecule has 1 aromatic heterocycles. The summed E-state index contributed by atoms with van der Waals surface area (Å²) in [6, 6.07) is 8.56. The van der Waals surface area contributed by atoms with Crippen LogP contribution in [0, 0.1) is 0 Å². The molecule has 1 aromatic carbocycles. The van der Waals surface area contributed by atoms with E-state index < -0.39 is 0 Å². The van der Waals surface area contributed by atoms with Crippen LogP contribution in [0.3, 0.4) is 0 Å². The zero-order valence-corrected chi connectivity index (χ0v) is 13.4. The molecule has 1 heterocycles. The number of nitrogens with one attached hydrogen (secondary N) is 1. The molecule has 0 bridgehead atoms. The number of carbonyl (C=O) groups is 1. The lowest BCUT2D eigenvalue weighted by atomic mass is 10.2. The number of aryl methyl sites for hydroxylation is 1. The summed E-state index contributed by atoms with van der Waals surface area (Å²) in [6.07, 6.45) is 3.11. The second kappa shape index (κ2) is 8.12. The Morgan fingerprint density at radius 2 is 2.00 bits per heavy atom. The second-order valence-electron chi connectivity index (χ2n) is 5.10. The molecule has 2 aromatic rings. The lowest BCUT2D eigenvalue weighted by Crippen LogP contribution is -2.27. The van der Waals surface area contributed by atoms with Crippen LogP contribution in [0.5, 0.6) is 5.75 Å². The van der Waals surface area contributed by atoms with Crippen LogP contribution < -0.4 is 15.6 Å². The zero-order valence-electron chi connectivity index (χ0n) is 13.4. The predicted octanol–water partition coefficient (Wildman–Crippen LogP) is 2.23. The smallest absolute Gasteiger partial charge is 0.253 e. The van der Waals surface area contributed by atoms with Crippen LogP contribution in [-0.2, 0) is 17.8 Å². The van der Waals surface area contributed by atoms with Gasteiger partial charge in [0, 0.05) is 17.4 Å². The van der Waals surface area contributed by atoms with E-state index in [-0.39, 0.29) is 18.0 Å². The summed E-state index contributed by atoms with van der Waals surface area (Å²) in [5.74, 6) is 0.471. The number of aromatic nitrogens is 2. The average molecular weight is 315 g/mol. The SMILES string of the molecule is CCCc1cc(=O)n(CC(=O)Nc2ccc(OCC)cc2)cn1. The molecule has 0 atom stereocenters. The van der Waals surface area contributed by atoms with Crippen LogP contribution in [0.4, 0.5) is 5.69 Å². The van der Waals surface area contributed by atoms with E-state index in [0.29, 0.717) is 12.3 Å². The normalized spacial score (nSPS) is 10.3. The van der Waals surface area contributed by atoms with Crippen LogP contribution in [0.15, 0.2) is 41.5 Å². The summed E-state index contributed by atoms with van der Waals surface area (Å²) < 4.78 is 6.64. The third-order valence-electron chi connectivity index (χ3n) is 3.21. The fraction of sp³-hybridized carbons (Fsp3) is 0.353. The number of carbonyl (C=O) groups excluding carboxylic acids is 1. The van der Waals surface area contributed by atoms with Crippen molar-refractivity contribution in [2.24, 2.45) is 0 Å². The van der Waals surface area contributed by atoms with Crippen LogP contribution in [0.2, 0.25) is 0 Å². The van der Waals surface area contributed by atoms with Gasteiger partial charge in [0.15, 0.2) is 0 Å². The maximum absolute atomic E-state index is 12.0. The Morgan fingerprint density at radius 1 is 1.26 bits per heavy atom. The molecule has 0 aliphatic rings. The van der Waals surface area contributed by atoms with Gasteiger partial charge < -0.3 is 10.1 Å². The van der Waals surface area contributed by atoms with Crippen molar-refractivity contribution in [2.75, 3.05) is 11.9 Å². The zero-order chi connectivity index (χ0) is 16.7. The number of nitrogens with zero attached hydrogens (tertiary/aromatic N) is 2. The van der Waals surface area contributed by atoms with E-state index in [4.69, 9.17) is 4.74 Å². The van der Waals surface area contributed by atoms with E-state index in [0.717, 1.165) is 24.3 Å². The minimum absolute atomic E-state index is 0.0640. The van der Waals surface area contributed by atoms with Gasteiger partial charge >= 0.3 is 0 Å². The van der Waals surface area contributed by atoms with Gasteiger partial charge in [0.25, 0.3) is 5.56 Å². The molecule has 0 saturated carbocycles. The second-order valence-corrected chi connectivity index (χ2v) is 5.10. The van der Waals surface area contributed by atoms with E-state index >= 15 is 0 Å². The van der Waals surface area contributed by atoms with Crippen molar-refractivity contribution in [3.05, 3.63) is 52.7 Å². The highest BCUT2D eigenvalue weighted by atomic mass is 16.5. The number of anilines is 1. The summed E-state index contributed by atoms with van der Waals surface area (Å²) in [5, 5.41) is 2.74. The number of hydrogen-bond donors (Lipinski definition) is 1. The van der Waals surface area contributed by atoms with Gasteiger partial charge in [-0.15, -0.1) is 0 Å². The summed E-state index contributed by atoms with van der Waals surface area (Å²) >= 11 is 0. The molecular weight excluding hydrogens is 294 g/mol. The quantitative estimate of drug-likeness (QED) is 0.850. The number of hydrogen-bond acceptors (Lipinski definition) is 4. The van der Waals surface area contributed by atoms with Crippen molar-refractivity contribution in [3.8, 4) is 5.75 Å². The minimum Gasteiger partial charge on any atom is -0.494 e. The topological polar surface area (TPSA) is 73.2 Å². The van der Waals surface area contributed by atoms with Gasteiger partial charge in [-0.1, -0.05) is 13.3 Å². The van der Waals surface area contributed by atoms with Gasteiger partial charge in [-0.25, -0.2) is 4.98 Å². The van der Waals surface area contributed by atoms with Crippen molar-refractivity contribution in [2.45, 2.75) is 33.2 Å². The molecule has 0 aliphatic carbocycles. The summed E-state index contributed by atoms with van der Waals surface area (Å²) in [5.41, 5.74) is 1.19. The first kappa shape index (κ1) is 16.7. The van der Waals surface area contributed by atoms with Crippen molar-refractivity contribution in [3.63, 3.8) is 0 Å². The molecule has 2 rings (SSSR count). The predicted molar refractivity (Wildman–Crippen MR) is 88.7 cm³/mol. The van der Waals surface area contributed by atoms with Gasteiger partial charge in [0.1, 0.15) is 12.3 Å². The molecular formula is C17H21N3O3. The molecule has 6 nitrogen and oxygen atoms in total. The van der Waals surface area contributed by atoms with E-state index in [1.807, 2.05) is 13.8 Å². The van der Waals surface area contributed by atoms with E-state index in [9.17, 15) is 9.59 Å². The van der Waals surface area contributed by atoms with Gasteiger partial charge in [-0.05, 0) is 37.6 Å². The third kappa shape index (κ3) is 4.95. The molecule has 0 radical (unpaired) electrons. The maximum atomic E-state index is 12.0. The summed E-state index contributed by atoms with van der Waals surface area (Å²) in [6.45, 7) is 4.46. The Bertz CT molecular complexity index is 708. The third-order valence-corrected chi connectivity index (χ3v) is 3.21. The molecule has 1 amide bonds. The molecule has 0 spiro atoms. The highest BCUT2D eigenvalue weighted by molar-refractivity contribution is 5.90. The molecule has 23 heavy (non-hydrogen) atoms. The number of benzene rings is 1. The standard InChI is InChI=1S/C17H21N3O3/c1-3-5-14-10-17(22)20(12-18-14)11-16(21)19-13-6-8-15(9-7-13)23-4-2/h6-10,12H,3-5,11H2,1-2H3,(H,19,21). The van der Waals surface area contributed by atoms with E-state index in [2.05, 4.69) is 10.3 Å². The van der Waals surface area contributed by atoms with Gasteiger partial charge in [0.05, 0.1) is 12.9 Å². The molecule has 0 aliphatic heterocycles. The highest BCUT2D eigenvalue weighted by Gasteiger charge is 2.06. The highest BCUT2D eigenvalue weighted by Crippen LogP contribution is 2.15. The number of amides is 1. The first-order chi connectivity index (χ1) is 11.1. The molecule has 0 fully saturated rings. The van der Waals surface area contributed by atoms with Crippen molar-refractivity contribution in [1.82, 2.24) is 9.55 Å². The van der Waals surface area contributed by atoms with Crippen LogP contribution in [-0.4, -0.2) is 22.1 Å². The van der Waals surface area contributed by atoms with E-state index in [1.165, 1.54) is 17.0 Å². The molecule has 0 unspecified atom stereocenters. The lowest BCUT2D eigenvalue weighted by molar-refractivity contribution is -0.116. The Hall–Kier alpha value is -2.63. The van der Waals surface area contributed by atoms with E-state index in [1.54, 1.807) is 24.3 Å². The monoisotopic (exact) mass is 315 g/mol. The molecule has 1 N–H and O–H groups in total. The Kier molecular flexibility index (Phi) is 5.91. The Balaban J connectivity index is 1.97. The van der Waals surface area contributed by atoms with Crippen LogP contribution >= 0.6 is 0 Å². The van der Waals surface area contributed by atoms with Crippen molar-refractivity contribution in [1.29, 1.82) is 0 Å². The number of rotatable bonds is 7. The summed E-state index contributed by atoms with van der Waals surface area (Å²) in [4.78, 5) is 28.2.